The highest BCUT2D eigenvalue weighted by Gasteiger charge is 2.14. The van der Waals surface area contributed by atoms with Gasteiger partial charge in [0.25, 0.3) is 5.91 Å². The van der Waals surface area contributed by atoms with Crippen LogP contribution in [0.1, 0.15) is 10.4 Å². The highest BCUT2D eigenvalue weighted by molar-refractivity contribution is 7.11. The Morgan fingerprint density at radius 3 is 2.56 bits per heavy atom. The Morgan fingerprint density at radius 1 is 1.04 bits per heavy atom. The minimum Gasteiger partial charge on any atom is -0.322 e. The summed E-state index contributed by atoms with van der Waals surface area (Å²) in [4.78, 5) is 30.4. The van der Waals surface area contributed by atoms with Gasteiger partial charge < -0.3 is 15.3 Å². The van der Waals surface area contributed by atoms with E-state index in [1.54, 1.807) is 36.4 Å². The Hall–Kier alpha value is -3.45. The lowest BCUT2D eigenvalue weighted by Crippen LogP contribution is -2.13. The highest BCUT2D eigenvalue weighted by Crippen LogP contribution is 2.25. The summed E-state index contributed by atoms with van der Waals surface area (Å²) >= 11 is 1.44. The molecule has 2 aromatic heterocycles. The summed E-state index contributed by atoms with van der Waals surface area (Å²) in [5, 5.41) is 4.74. The van der Waals surface area contributed by atoms with Crippen molar-refractivity contribution in [2.75, 3.05) is 5.32 Å². The van der Waals surface area contributed by atoms with Crippen molar-refractivity contribution in [3.05, 3.63) is 86.7 Å². The fourth-order valence-corrected chi connectivity index (χ4v) is 3.45. The predicted octanol–water partition coefficient (Wildman–Crippen LogP) is 4.24. The largest absolute Gasteiger partial charge is 0.323 e. The number of hydrogen-bond acceptors (Lipinski definition) is 3. The van der Waals surface area contributed by atoms with Crippen molar-refractivity contribution in [3.63, 3.8) is 0 Å². The van der Waals surface area contributed by atoms with Gasteiger partial charge in [-0.2, -0.15) is 0 Å². The molecular formula is C20H14FN3O2S. The summed E-state index contributed by atoms with van der Waals surface area (Å²) < 4.78 is 13.1. The molecule has 4 aromatic rings. The molecule has 0 saturated heterocycles. The standard InChI is InChI=1S/C20H14FN3O2S/c21-13-5-3-12(4-6-13)10-15(18-2-1-9-27-18)19(25)22-14-7-8-16-17(11-14)24-20(26)23-16/h1-11H,(H,22,25)(H2,23,24,26). The van der Waals surface area contributed by atoms with Crippen LogP contribution < -0.4 is 11.0 Å². The lowest BCUT2D eigenvalue weighted by Gasteiger charge is -2.08. The quantitative estimate of drug-likeness (QED) is 0.464. The molecule has 4 rings (SSSR count). The van der Waals surface area contributed by atoms with Crippen molar-refractivity contribution in [2.45, 2.75) is 0 Å². The molecule has 0 atom stereocenters. The Labute approximate surface area is 157 Å². The number of rotatable bonds is 4. The topological polar surface area (TPSA) is 77.8 Å². The van der Waals surface area contributed by atoms with Gasteiger partial charge in [0.15, 0.2) is 0 Å². The van der Waals surface area contributed by atoms with Crippen LogP contribution in [-0.4, -0.2) is 15.9 Å². The van der Waals surface area contributed by atoms with E-state index in [0.29, 0.717) is 22.3 Å². The molecule has 0 saturated carbocycles. The first-order chi connectivity index (χ1) is 13.1. The third kappa shape index (κ3) is 3.73. The van der Waals surface area contributed by atoms with Crippen molar-refractivity contribution >= 4 is 45.6 Å². The van der Waals surface area contributed by atoms with Crippen LogP contribution in [0.15, 0.2) is 64.8 Å². The fraction of sp³-hybridized carbons (Fsp3) is 0. The van der Waals surface area contributed by atoms with Crippen molar-refractivity contribution in [3.8, 4) is 0 Å². The normalized spacial score (nSPS) is 11.7. The number of H-pyrrole nitrogens is 2. The SMILES string of the molecule is O=C(Nc1ccc2[nH]c(=O)[nH]c2c1)C(=Cc1ccc(F)cc1)c1cccs1. The number of benzene rings is 2. The van der Waals surface area contributed by atoms with Crippen molar-refractivity contribution in [1.82, 2.24) is 9.97 Å². The molecular weight excluding hydrogens is 365 g/mol. The van der Waals surface area contributed by atoms with E-state index in [2.05, 4.69) is 15.3 Å². The third-order valence-electron chi connectivity index (χ3n) is 3.99. The maximum Gasteiger partial charge on any atom is 0.323 e. The van der Waals surface area contributed by atoms with E-state index in [1.165, 1.54) is 23.5 Å². The summed E-state index contributed by atoms with van der Waals surface area (Å²) in [6, 6.07) is 14.8. The first kappa shape index (κ1) is 17.0. The van der Waals surface area contributed by atoms with Crippen LogP contribution >= 0.6 is 11.3 Å². The van der Waals surface area contributed by atoms with Crippen LogP contribution in [0, 0.1) is 5.82 Å². The lowest BCUT2D eigenvalue weighted by atomic mass is 10.1. The monoisotopic (exact) mass is 379 g/mol. The first-order valence-corrected chi connectivity index (χ1v) is 9.01. The third-order valence-corrected chi connectivity index (χ3v) is 4.89. The van der Waals surface area contributed by atoms with Crippen LogP contribution in [0.4, 0.5) is 10.1 Å². The zero-order valence-corrected chi connectivity index (χ0v) is 14.8. The van der Waals surface area contributed by atoms with Crippen molar-refractivity contribution < 1.29 is 9.18 Å². The summed E-state index contributed by atoms with van der Waals surface area (Å²) in [6.07, 6.45) is 1.72. The van der Waals surface area contributed by atoms with E-state index in [0.717, 1.165) is 10.4 Å². The van der Waals surface area contributed by atoms with Crippen LogP contribution in [-0.2, 0) is 4.79 Å². The summed E-state index contributed by atoms with van der Waals surface area (Å²) in [7, 11) is 0. The van der Waals surface area contributed by atoms with Crippen molar-refractivity contribution in [1.29, 1.82) is 0 Å². The average molecular weight is 379 g/mol. The molecule has 1 amide bonds. The molecule has 0 spiro atoms. The van der Waals surface area contributed by atoms with E-state index in [1.807, 2.05) is 17.5 Å². The first-order valence-electron chi connectivity index (χ1n) is 8.13. The van der Waals surface area contributed by atoms with E-state index in [-0.39, 0.29) is 17.4 Å². The number of halogens is 1. The number of nitrogens with one attached hydrogen (secondary N) is 3. The van der Waals surface area contributed by atoms with Crippen molar-refractivity contribution in [2.24, 2.45) is 0 Å². The molecule has 0 aliphatic heterocycles. The fourth-order valence-electron chi connectivity index (χ4n) is 2.71. The van der Waals surface area contributed by atoms with E-state index in [4.69, 9.17) is 0 Å². The number of carbonyl (C=O) groups excluding carboxylic acids is 1. The molecule has 2 heterocycles. The Kier molecular flexibility index (Phi) is 4.43. The van der Waals surface area contributed by atoms with E-state index >= 15 is 0 Å². The Balaban J connectivity index is 1.67. The Bertz CT molecular complexity index is 1190. The molecule has 134 valence electrons. The van der Waals surface area contributed by atoms with E-state index < -0.39 is 0 Å². The molecule has 3 N–H and O–H groups in total. The molecule has 7 heteroatoms. The summed E-state index contributed by atoms with van der Waals surface area (Å²) in [5.74, 6) is -0.623. The van der Waals surface area contributed by atoms with Gasteiger partial charge in [-0.25, -0.2) is 9.18 Å². The van der Waals surface area contributed by atoms with Gasteiger partial charge in [-0.15, -0.1) is 11.3 Å². The second-order valence-corrected chi connectivity index (χ2v) is 6.83. The summed E-state index contributed by atoms with van der Waals surface area (Å²) in [5.41, 5.74) is 2.73. The van der Waals surface area contributed by atoms with E-state index in [9.17, 15) is 14.0 Å². The zero-order valence-electron chi connectivity index (χ0n) is 14.0. The van der Waals surface area contributed by atoms with Gasteiger partial charge in [0.05, 0.1) is 16.6 Å². The number of aromatic nitrogens is 2. The number of aromatic amines is 2. The number of fused-ring (bicyclic) bond motifs is 1. The summed E-state index contributed by atoms with van der Waals surface area (Å²) in [6.45, 7) is 0. The van der Waals surface area contributed by atoms with Gasteiger partial charge in [-0.05, 0) is 53.4 Å². The number of carbonyl (C=O) groups is 1. The van der Waals surface area contributed by atoms with Crippen LogP contribution in [0.2, 0.25) is 0 Å². The molecule has 0 bridgehead atoms. The second kappa shape index (κ2) is 7.05. The van der Waals surface area contributed by atoms with Gasteiger partial charge in [-0.3, -0.25) is 4.79 Å². The van der Waals surface area contributed by atoms with Gasteiger partial charge in [0.1, 0.15) is 5.82 Å². The molecule has 0 radical (unpaired) electrons. The highest BCUT2D eigenvalue weighted by atomic mass is 32.1. The second-order valence-electron chi connectivity index (χ2n) is 5.88. The van der Waals surface area contributed by atoms with Gasteiger partial charge in [-0.1, -0.05) is 18.2 Å². The number of thiophene rings is 1. The zero-order chi connectivity index (χ0) is 18.8. The number of hydrogen-bond donors (Lipinski definition) is 3. The Morgan fingerprint density at radius 2 is 1.81 bits per heavy atom. The van der Waals surface area contributed by atoms with Crippen LogP contribution in [0.5, 0.6) is 0 Å². The number of amides is 1. The minimum absolute atomic E-state index is 0.293. The maximum atomic E-state index is 13.1. The molecule has 0 aliphatic rings. The minimum atomic E-state index is -0.330. The molecule has 0 fully saturated rings. The molecule has 27 heavy (non-hydrogen) atoms. The van der Waals surface area contributed by atoms with Crippen LogP contribution in [0.3, 0.4) is 0 Å². The molecule has 0 aliphatic carbocycles. The number of anilines is 1. The average Bonchev–Trinajstić information content (AvgIpc) is 3.29. The van der Waals surface area contributed by atoms with Gasteiger partial charge >= 0.3 is 5.69 Å². The number of imidazole rings is 1. The smallest absolute Gasteiger partial charge is 0.322 e. The molecule has 5 nitrogen and oxygen atoms in total. The predicted molar refractivity (Wildman–Crippen MR) is 106 cm³/mol. The lowest BCUT2D eigenvalue weighted by molar-refractivity contribution is -0.111. The molecule has 2 aromatic carbocycles. The molecule has 0 unspecified atom stereocenters. The van der Waals surface area contributed by atoms with Gasteiger partial charge in [0, 0.05) is 10.6 Å². The van der Waals surface area contributed by atoms with Gasteiger partial charge in [0.2, 0.25) is 0 Å². The van der Waals surface area contributed by atoms with Crippen LogP contribution in [0.25, 0.3) is 22.7 Å². The maximum absolute atomic E-state index is 13.1.